The molecule has 1 saturated heterocycles. The van der Waals surface area contributed by atoms with Crippen LogP contribution in [0.15, 0.2) is 54.6 Å². The molecule has 2 aromatic rings. The summed E-state index contributed by atoms with van der Waals surface area (Å²) in [5.41, 5.74) is 2.65. The smallest absolute Gasteiger partial charge is 0.115 e. The maximum Gasteiger partial charge on any atom is 0.115 e. The third-order valence-electron chi connectivity index (χ3n) is 5.71. The summed E-state index contributed by atoms with van der Waals surface area (Å²) in [6.07, 6.45) is 0. The standard InChI is InChI=1S/C23H33N3O/c1-3-24(4-2)14-15-25-16-17-26(18-20-10-12-22(27)13-11-20)23(19-25)21-8-6-5-7-9-21/h5-13,23,27H,3-4,14-19H2,1-2H3. The van der Waals surface area contributed by atoms with E-state index in [1.54, 1.807) is 12.1 Å². The Morgan fingerprint density at radius 3 is 2.33 bits per heavy atom. The third-order valence-corrected chi connectivity index (χ3v) is 5.71. The third kappa shape index (κ3) is 5.55. The minimum atomic E-state index is 0.333. The van der Waals surface area contributed by atoms with Crippen molar-refractivity contribution in [3.05, 3.63) is 65.7 Å². The van der Waals surface area contributed by atoms with Gasteiger partial charge in [0.25, 0.3) is 0 Å². The molecule has 0 saturated carbocycles. The number of likely N-dealkylation sites (N-methyl/N-ethyl adjacent to an activating group) is 1. The summed E-state index contributed by atoms with van der Waals surface area (Å²) in [5, 5.41) is 9.55. The highest BCUT2D eigenvalue weighted by atomic mass is 16.3. The van der Waals surface area contributed by atoms with Crippen molar-refractivity contribution in [3.8, 4) is 5.75 Å². The Kier molecular flexibility index (Phi) is 7.27. The summed E-state index contributed by atoms with van der Waals surface area (Å²) in [6, 6.07) is 18.9. The lowest BCUT2D eigenvalue weighted by molar-refractivity contribution is 0.0620. The molecular weight excluding hydrogens is 334 g/mol. The first-order valence-electron chi connectivity index (χ1n) is 10.2. The Bertz CT molecular complexity index is 670. The Labute approximate surface area is 164 Å². The Hall–Kier alpha value is -1.88. The van der Waals surface area contributed by atoms with E-state index in [4.69, 9.17) is 0 Å². The molecule has 0 aliphatic carbocycles. The van der Waals surface area contributed by atoms with Gasteiger partial charge in [-0.25, -0.2) is 0 Å². The van der Waals surface area contributed by atoms with E-state index in [9.17, 15) is 5.11 Å². The first kappa shape index (κ1) is 19.9. The van der Waals surface area contributed by atoms with Gasteiger partial charge in [0.1, 0.15) is 5.75 Å². The van der Waals surface area contributed by atoms with Gasteiger partial charge in [0.05, 0.1) is 0 Å². The van der Waals surface area contributed by atoms with Gasteiger partial charge in [-0.1, -0.05) is 56.3 Å². The van der Waals surface area contributed by atoms with Crippen molar-refractivity contribution in [3.63, 3.8) is 0 Å². The number of rotatable bonds is 8. The zero-order chi connectivity index (χ0) is 19.1. The van der Waals surface area contributed by atoms with E-state index in [0.29, 0.717) is 11.8 Å². The fourth-order valence-electron chi connectivity index (χ4n) is 3.92. The summed E-state index contributed by atoms with van der Waals surface area (Å²) in [7, 11) is 0. The zero-order valence-electron chi connectivity index (χ0n) is 16.7. The molecule has 1 heterocycles. The van der Waals surface area contributed by atoms with Crippen molar-refractivity contribution in [1.82, 2.24) is 14.7 Å². The molecule has 0 bridgehead atoms. The van der Waals surface area contributed by atoms with E-state index in [0.717, 1.165) is 52.4 Å². The van der Waals surface area contributed by atoms with Crippen LogP contribution in [-0.2, 0) is 6.54 Å². The molecular formula is C23H33N3O. The average Bonchev–Trinajstić information content (AvgIpc) is 2.72. The number of nitrogens with zero attached hydrogens (tertiary/aromatic N) is 3. The minimum Gasteiger partial charge on any atom is -0.508 e. The van der Waals surface area contributed by atoms with Crippen molar-refractivity contribution >= 4 is 0 Å². The van der Waals surface area contributed by atoms with Gasteiger partial charge in [-0.3, -0.25) is 9.80 Å². The quantitative estimate of drug-likeness (QED) is 0.772. The molecule has 146 valence electrons. The second kappa shape index (κ2) is 9.88. The van der Waals surface area contributed by atoms with Crippen LogP contribution in [0.3, 0.4) is 0 Å². The predicted octanol–water partition coefficient (Wildman–Crippen LogP) is 3.59. The van der Waals surface area contributed by atoms with Crippen LogP contribution in [0.25, 0.3) is 0 Å². The molecule has 1 fully saturated rings. The van der Waals surface area contributed by atoms with Gasteiger partial charge >= 0.3 is 0 Å². The van der Waals surface area contributed by atoms with Gasteiger partial charge in [-0.2, -0.15) is 0 Å². The number of hydrogen-bond donors (Lipinski definition) is 1. The monoisotopic (exact) mass is 367 g/mol. The topological polar surface area (TPSA) is 30.0 Å². The highest BCUT2D eigenvalue weighted by molar-refractivity contribution is 5.26. The maximum atomic E-state index is 9.55. The van der Waals surface area contributed by atoms with E-state index in [1.807, 2.05) is 12.1 Å². The van der Waals surface area contributed by atoms with Gasteiger partial charge < -0.3 is 10.0 Å². The molecule has 27 heavy (non-hydrogen) atoms. The lowest BCUT2D eigenvalue weighted by Crippen LogP contribution is -2.49. The summed E-state index contributed by atoms with van der Waals surface area (Å²) < 4.78 is 0. The van der Waals surface area contributed by atoms with Gasteiger partial charge in [0.2, 0.25) is 0 Å². The van der Waals surface area contributed by atoms with Gasteiger partial charge in [-0.15, -0.1) is 0 Å². The number of aromatic hydroxyl groups is 1. The summed E-state index contributed by atoms with van der Waals surface area (Å²) in [4.78, 5) is 7.69. The lowest BCUT2D eigenvalue weighted by Gasteiger charge is -2.42. The Balaban J connectivity index is 1.69. The lowest BCUT2D eigenvalue weighted by atomic mass is 10.0. The zero-order valence-corrected chi connectivity index (χ0v) is 16.7. The van der Waals surface area contributed by atoms with Crippen LogP contribution >= 0.6 is 0 Å². The van der Waals surface area contributed by atoms with Gasteiger partial charge in [0.15, 0.2) is 0 Å². The fourth-order valence-corrected chi connectivity index (χ4v) is 3.92. The van der Waals surface area contributed by atoms with Crippen LogP contribution < -0.4 is 0 Å². The van der Waals surface area contributed by atoms with Crippen molar-refractivity contribution in [2.45, 2.75) is 26.4 Å². The van der Waals surface area contributed by atoms with Crippen molar-refractivity contribution < 1.29 is 5.11 Å². The van der Waals surface area contributed by atoms with Gasteiger partial charge in [-0.05, 0) is 36.3 Å². The second-order valence-corrected chi connectivity index (χ2v) is 7.39. The second-order valence-electron chi connectivity index (χ2n) is 7.39. The minimum absolute atomic E-state index is 0.333. The van der Waals surface area contributed by atoms with E-state index in [1.165, 1.54) is 11.1 Å². The summed E-state index contributed by atoms with van der Waals surface area (Å²) in [6.45, 7) is 13.2. The van der Waals surface area contributed by atoms with Crippen LogP contribution in [0.4, 0.5) is 0 Å². The molecule has 0 spiro atoms. The molecule has 1 aliphatic heterocycles. The number of benzene rings is 2. The first-order chi connectivity index (χ1) is 13.2. The largest absolute Gasteiger partial charge is 0.508 e. The molecule has 3 rings (SSSR count). The molecule has 1 atom stereocenters. The summed E-state index contributed by atoms with van der Waals surface area (Å²) >= 11 is 0. The van der Waals surface area contributed by atoms with Crippen molar-refractivity contribution in [2.24, 2.45) is 0 Å². The van der Waals surface area contributed by atoms with E-state index >= 15 is 0 Å². The van der Waals surface area contributed by atoms with Crippen LogP contribution in [0.5, 0.6) is 5.75 Å². The highest BCUT2D eigenvalue weighted by Crippen LogP contribution is 2.27. The molecule has 0 amide bonds. The fraction of sp³-hybridized carbons (Fsp3) is 0.478. The molecule has 0 radical (unpaired) electrons. The highest BCUT2D eigenvalue weighted by Gasteiger charge is 2.28. The number of hydrogen-bond acceptors (Lipinski definition) is 4. The van der Waals surface area contributed by atoms with E-state index in [-0.39, 0.29) is 0 Å². The Morgan fingerprint density at radius 2 is 1.67 bits per heavy atom. The van der Waals surface area contributed by atoms with Crippen LogP contribution in [0, 0.1) is 0 Å². The number of phenolic OH excluding ortho intramolecular Hbond substituents is 1. The average molecular weight is 368 g/mol. The molecule has 4 nitrogen and oxygen atoms in total. The van der Waals surface area contributed by atoms with E-state index in [2.05, 4.69) is 58.9 Å². The molecule has 2 aromatic carbocycles. The molecule has 1 N–H and O–H groups in total. The maximum absolute atomic E-state index is 9.55. The number of phenols is 1. The molecule has 0 aromatic heterocycles. The molecule has 1 aliphatic rings. The van der Waals surface area contributed by atoms with Crippen molar-refractivity contribution in [2.75, 3.05) is 45.8 Å². The first-order valence-corrected chi connectivity index (χ1v) is 10.2. The molecule has 4 heteroatoms. The van der Waals surface area contributed by atoms with Crippen LogP contribution in [0.1, 0.15) is 31.0 Å². The van der Waals surface area contributed by atoms with Crippen LogP contribution in [-0.4, -0.2) is 65.6 Å². The van der Waals surface area contributed by atoms with Crippen molar-refractivity contribution in [1.29, 1.82) is 0 Å². The predicted molar refractivity (Wildman–Crippen MR) is 112 cm³/mol. The summed E-state index contributed by atoms with van der Waals surface area (Å²) in [5.74, 6) is 0.333. The number of piperazine rings is 1. The van der Waals surface area contributed by atoms with Crippen LogP contribution in [0.2, 0.25) is 0 Å². The van der Waals surface area contributed by atoms with E-state index < -0.39 is 0 Å². The SMILES string of the molecule is CCN(CC)CCN1CCN(Cc2ccc(O)cc2)C(c2ccccc2)C1. The Morgan fingerprint density at radius 1 is 0.963 bits per heavy atom. The van der Waals surface area contributed by atoms with Gasteiger partial charge in [0, 0.05) is 45.3 Å². The molecule has 1 unspecified atom stereocenters. The normalized spacial score (nSPS) is 18.9.